The van der Waals surface area contributed by atoms with Crippen LogP contribution in [0, 0.1) is 0 Å². The molecular weight excluding hydrogens is 290 g/mol. The molecule has 1 aliphatic heterocycles. The third-order valence-corrected chi connectivity index (χ3v) is 4.99. The summed E-state index contributed by atoms with van der Waals surface area (Å²) in [6, 6.07) is 0.755. The Kier molecular flexibility index (Phi) is 4.84. The van der Waals surface area contributed by atoms with Gasteiger partial charge in [-0.25, -0.2) is 0 Å². The number of piperidine rings is 1. The highest BCUT2D eigenvalue weighted by atomic mass is 79.9. The van der Waals surface area contributed by atoms with Crippen molar-refractivity contribution in [2.45, 2.75) is 58.5 Å². The minimum atomic E-state index is 0.755. The number of nitrogens with zero attached hydrogens (tertiary/aromatic N) is 3. The van der Waals surface area contributed by atoms with E-state index in [1.54, 1.807) is 0 Å². The van der Waals surface area contributed by atoms with Crippen molar-refractivity contribution in [1.82, 2.24) is 14.7 Å². The molecule has 1 unspecified atom stereocenters. The number of likely N-dealkylation sites (tertiary alicyclic amines) is 1. The average molecular weight is 314 g/mol. The SMILES string of the molecule is CCc1nn(C)c(CN2CCCCC2CC)c1Br. The van der Waals surface area contributed by atoms with Gasteiger partial charge in [-0.1, -0.05) is 20.3 Å². The topological polar surface area (TPSA) is 21.1 Å². The van der Waals surface area contributed by atoms with E-state index in [9.17, 15) is 0 Å². The summed E-state index contributed by atoms with van der Waals surface area (Å²) in [5.41, 5.74) is 2.50. The molecule has 0 N–H and O–H groups in total. The van der Waals surface area contributed by atoms with E-state index in [4.69, 9.17) is 0 Å². The Balaban J connectivity index is 2.15. The average Bonchev–Trinajstić information content (AvgIpc) is 2.66. The minimum Gasteiger partial charge on any atom is -0.295 e. The molecule has 0 spiro atoms. The molecule has 1 atom stereocenters. The molecule has 0 aromatic carbocycles. The minimum absolute atomic E-state index is 0.755. The lowest BCUT2D eigenvalue weighted by Gasteiger charge is -2.35. The maximum absolute atomic E-state index is 4.59. The van der Waals surface area contributed by atoms with Crippen molar-refractivity contribution >= 4 is 15.9 Å². The molecule has 0 amide bonds. The summed E-state index contributed by atoms with van der Waals surface area (Å²) < 4.78 is 3.26. The molecule has 1 aliphatic rings. The van der Waals surface area contributed by atoms with Gasteiger partial charge in [0.15, 0.2) is 0 Å². The lowest BCUT2D eigenvalue weighted by Crippen LogP contribution is -2.38. The second-order valence-electron chi connectivity index (χ2n) is 5.21. The maximum atomic E-state index is 4.59. The summed E-state index contributed by atoms with van der Waals surface area (Å²) in [6.45, 7) is 6.73. The Morgan fingerprint density at radius 2 is 2.11 bits per heavy atom. The highest BCUT2D eigenvalue weighted by Gasteiger charge is 2.23. The van der Waals surface area contributed by atoms with Gasteiger partial charge in [-0.05, 0) is 48.2 Å². The van der Waals surface area contributed by atoms with E-state index in [-0.39, 0.29) is 0 Å². The number of halogens is 1. The first-order valence-corrected chi connectivity index (χ1v) is 7.90. The van der Waals surface area contributed by atoms with E-state index in [1.807, 2.05) is 4.68 Å². The number of hydrogen-bond donors (Lipinski definition) is 0. The standard InChI is InChI=1S/C14H24BrN3/c1-4-11-8-6-7-9-18(11)10-13-14(15)12(5-2)16-17(13)3/h11H,4-10H2,1-3H3. The monoisotopic (exact) mass is 313 g/mol. The van der Waals surface area contributed by atoms with Crippen molar-refractivity contribution < 1.29 is 0 Å². The van der Waals surface area contributed by atoms with Gasteiger partial charge >= 0.3 is 0 Å². The van der Waals surface area contributed by atoms with Crippen LogP contribution in [0.5, 0.6) is 0 Å². The van der Waals surface area contributed by atoms with Gasteiger partial charge in [-0.15, -0.1) is 0 Å². The van der Waals surface area contributed by atoms with Crippen molar-refractivity contribution in [1.29, 1.82) is 0 Å². The predicted octanol–water partition coefficient (Wildman–Crippen LogP) is 3.51. The van der Waals surface area contributed by atoms with Crippen LogP contribution in [0.15, 0.2) is 4.47 Å². The van der Waals surface area contributed by atoms with Crippen LogP contribution in [0.1, 0.15) is 50.9 Å². The van der Waals surface area contributed by atoms with Gasteiger partial charge in [0, 0.05) is 19.6 Å². The Hall–Kier alpha value is -0.350. The number of hydrogen-bond acceptors (Lipinski definition) is 2. The van der Waals surface area contributed by atoms with E-state index in [1.165, 1.54) is 48.1 Å². The molecule has 18 heavy (non-hydrogen) atoms. The fourth-order valence-corrected chi connectivity index (χ4v) is 3.66. The Morgan fingerprint density at radius 3 is 2.72 bits per heavy atom. The van der Waals surface area contributed by atoms with Crippen molar-refractivity contribution in [2.24, 2.45) is 7.05 Å². The largest absolute Gasteiger partial charge is 0.295 e. The molecule has 0 saturated carbocycles. The fourth-order valence-electron chi connectivity index (χ4n) is 2.91. The highest BCUT2D eigenvalue weighted by molar-refractivity contribution is 9.10. The van der Waals surface area contributed by atoms with Crippen LogP contribution >= 0.6 is 15.9 Å². The van der Waals surface area contributed by atoms with E-state index >= 15 is 0 Å². The Labute approximate surface area is 119 Å². The summed E-state index contributed by atoms with van der Waals surface area (Å²) in [6.07, 6.45) is 6.34. The van der Waals surface area contributed by atoms with E-state index in [0.29, 0.717) is 0 Å². The van der Waals surface area contributed by atoms with Crippen LogP contribution in [0.2, 0.25) is 0 Å². The van der Waals surface area contributed by atoms with Crippen LogP contribution in [0.4, 0.5) is 0 Å². The number of aromatic nitrogens is 2. The zero-order chi connectivity index (χ0) is 13.1. The summed E-state index contributed by atoms with van der Waals surface area (Å²) in [5, 5.41) is 4.59. The molecule has 0 bridgehead atoms. The van der Waals surface area contributed by atoms with Crippen molar-refractivity contribution in [2.75, 3.05) is 6.54 Å². The van der Waals surface area contributed by atoms with Crippen molar-refractivity contribution in [3.8, 4) is 0 Å². The first-order valence-electron chi connectivity index (χ1n) is 7.11. The molecule has 3 nitrogen and oxygen atoms in total. The van der Waals surface area contributed by atoms with Gasteiger partial charge in [-0.2, -0.15) is 5.10 Å². The molecular formula is C14H24BrN3. The molecule has 2 heterocycles. The summed E-state index contributed by atoms with van der Waals surface area (Å²) in [7, 11) is 2.06. The zero-order valence-electron chi connectivity index (χ0n) is 11.7. The van der Waals surface area contributed by atoms with Crippen molar-refractivity contribution in [3.63, 3.8) is 0 Å². The van der Waals surface area contributed by atoms with Crippen LogP contribution < -0.4 is 0 Å². The Morgan fingerprint density at radius 1 is 1.33 bits per heavy atom. The molecule has 0 aliphatic carbocycles. The van der Waals surface area contributed by atoms with Crippen LogP contribution in [-0.4, -0.2) is 27.3 Å². The lowest BCUT2D eigenvalue weighted by molar-refractivity contribution is 0.132. The number of rotatable bonds is 4. The normalized spacial score (nSPS) is 21.4. The fraction of sp³-hybridized carbons (Fsp3) is 0.786. The molecule has 1 fully saturated rings. The molecule has 1 aromatic heterocycles. The lowest BCUT2D eigenvalue weighted by atomic mass is 10.00. The summed E-state index contributed by atoms with van der Waals surface area (Å²) in [4.78, 5) is 2.63. The second-order valence-corrected chi connectivity index (χ2v) is 6.01. The Bertz CT molecular complexity index is 400. The molecule has 102 valence electrons. The van der Waals surface area contributed by atoms with Crippen LogP contribution in [0.25, 0.3) is 0 Å². The van der Waals surface area contributed by atoms with Crippen molar-refractivity contribution in [3.05, 3.63) is 15.9 Å². The van der Waals surface area contributed by atoms with Crippen LogP contribution in [0.3, 0.4) is 0 Å². The van der Waals surface area contributed by atoms with Gasteiger partial charge in [0.2, 0.25) is 0 Å². The molecule has 0 radical (unpaired) electrons. The van der Waals surface area contributed by atoms with Crippen LogP contribution in [-0.2, 0) is 20.0 Å². The van der Waals surface area contributed by atoms with Gasteiger partial charge in [-0.3, -0.25) is 9.58 Å². The third kappa shape index (κ3) is 2.80. The van der Waals surface area contributed by atoms with Gasteiger partial charge in [0.25, 0.3) is 0 Å². The highest BCUT2D eigenvalue weighted by Crippen LogP contribution is 2.26. The maximum Gasteiger partial charge on any atom is 0.0767 e. The quantitative estimate of drug-likeness (QED) is 0.848. The molecule has 4 heteroatoms. The van der Waals surface area contributed by atoms with E-state index < -0.39 is 0 Å². The third-order valence-electron chi connectivity index (χ3n) is 4.08. The van der Waals surface area contributed by atoms with Gasteiger partial charge in [0.05, 0.1) is 15.9 Å². The van der Waals surface area contributed by atoms with Gasteiger partial charge in [0.1, 0.15) is 0 Å². The first kappa shape index (κ1) is 14.1. The van der Waals surface area contributed by atoms with E-state index in [0.717, 1.165) is 19.0 Å². The first-order chi connectivity index (χ1) is 8.67. The van der Waals surface area contributed by atoms with E-state index in [2.05, 4.69) is 46.8 Å². The molecule has 2 rings (SSSR count). The summed E-state index contributed by atoms with van der Waals surface area (Å²) >= 11 is 3.72. The molecule has 1 aromatic rings. The van der Waals surface area contributed by atoms with Gasteiger partial charge < -0.3 is 0 Å². The summed E-state index contributed by atoms with van der Waals surface area (Å²) in [5.74, 6) is 0. The molecule has 1 saturated heterocycles. The predicted molar refractivity (Wildman–Crippen MR) is 78.6 cm³/mol. The smallest absolute Gasteiger partial charge is 0.0767 e. The second kappa shape index (κ2) is 6.20. The number of aryl methyl sites for hydroxylation is 2. The zero-order valence-corrected chi connectivity index (χ0v) is 13.3.